The monoisotopic (exact) mass is 240 g/mol. The van der Waals surface area contributed by atoms with Crippen LogP contribution in [0.5, 0.6) is 0 Å². The number of ether oxygens (including phenoxy) is 1. The fourth-order valence-corrected chi connectivity index (χ4v) is 2.97. The molecule has 1 atom stereocenters. The van der Waals surface area contributed by atoms with Gasteiger partial charge in [0.05, 0.1) is 11.6 Å². The normalized spacial score (nSPS) is 25.1. The summed E-state index contributed by atoms with van der Waals surface area (Å²) in [6, 6.07) is 0. The first-order valence-electron chi connectivity index (χ1n) is 6.01. The van der Waals surface area contributed by atoms with Gasteiger partial charge in [-0.15, -0.1) is 11.3 Å². The molecule has 1 aromatic rings. The predicted octanol–water partition coefficient (Wildman–Crippen LogP) is 2.09. The zero-order valence-corrected chi connectivity index (χ0v) is 10.7. The molecule has 1 aliphatic rings. The largest absolute Gasteiger partial charge is 0.381 e. The Morgan fingerprint density at radius 3 is 3.19 bits per heavy atom. The average Bonchev–Trinajstić information content (AvgIpc) is 2.91. The fraction of sp³-hybridized carbons (Fsp3) is 0.750. The van der Waals surface area contributed by atoms with Crippen LogP contribution in [0.15, 0.2) is 11.6 Å². The Morgan fingerprint density at radius 2 is 2.56 bits per heavy atom. The third-order valence-electron chi connectivity index (χ3n) is 3.12. The molecule has 4 heteroatoms. The van der Waals surface area contributed by atoms with Crippen LogP contribution < -0.4 is 5.32 Å². The molecule has 0 aromatic carbocycles. The van der Waals surface area contributed by atoms with Crippen molar-refractivity contribution in [3.05, 3.63) is 16.6 Å². The van der Waals surface area contributed by atoms with Gasteiger partial charge in [0.15, 0.2) is 0 Å². The molecule has 1 aliphatic heterocycles. The van der Waals surface area contributed by atoms with E-state index in [-0.39, 0.29) is 5.41 Å². The third kappa shape index (κ3) is 3.03. The van der Waals surface area contributed by atoms with Crippen molar-refractivity contribution >= 4 is 11.3 Å². The van der Waals surface area contributed by atoms with Gasteiger partial charge in [-0.05, 0) is 19.4 Å². The first kappa shape index (κ1) is 12.0. The van der Waals surface area contributed by atoms with Gasteiger partial charge in [-0.1, -0.05) is 6.92 Å². The molecule has 0 amide bonds. The first-order valence-corrected chi connectivity index (χ1v) is 6.89. The van der Waals surface area contributed by atoms with Crippen LogP contribution in [0.25, 0.3) is 0 Å². The Balaban J connectivity index is 1.92. The highest BCUT2D eigenvalue weighted by atomic mass is 32.1. The summed E-state index contributed by atoms with van der Waals surface area (Å²) in [5, 5.41) is 6.82. The van der Waals surface area contributed by atoms with Gasteiger partial charge in [-0.3, -0.25) is 0 Å². The van der Waals surface area contributed by atoms with E-state index >= 15 is 0 Å². The Morgan fingerprint density at radius 1 is 1.62 bits per heavy atom. The Kier molecular flexibility index (Phi) is 4.32. The quantitative estimate of drug-likeness (QED) is 0.773. The molecule has 2 heterocycles. The molecule has 1 fully saturated rings. The van der Waals surface area contributed by atoms with E-state index in [0.717, 1.165) is 39.1 Å². The van der Waals surface area contributed by atoms with Crippen LogP contribution in [0.2, 0.25) is 0 Å². The Hall–Kier alpha value is -0.450. The van der Waals surface area contributed by atoms with Gasteiger partial charge >= 0.3 is 0 Å². The maximum Gasteiger partial charge on any atom is 0.0931 e. The molecule has 0 bridgehead atoms. The Labute approximate surface area is 101 Å². The van der Waals surface area contributed by atoms with Crippen LogP contribution in [0, 0.1) is 5.41 Å². The molecule has 1 aromatic heterocycles. The van der Waals surface area contributed by atoms with Gasteiger partial charge in [-0.2, -0.15) is 0 Å². The van der Waals surface area contributed by atoms with Crippen LogP contribution in [0.1, 0.15) is 24.8 Å². The van der Waals surface area contributed by atoms with Crippen LogP contribution in [0.4, 0.5) is 0 Å². The summed E-state index contributed by atoms with van der Waals surface area (Å²) in [6.45, 7) is 6.13. The molecule has 0 aliphatic carbocycles. The van der Waals surface area contributed by atoms with Crippen molar-refractivity contribution in [2.45, 2.75) is 26.2 Å². The lowest BCUT2D eigenvalue weighted by Crippen LogP contribution is -2.37. The van der Waals surface area contributed by atoms with Gasteiger partial charge in [0.25, 0.3) is 0 Å². The first-order chi connectivity index (χ1) is 7.85. The number of hydrogen-bond acceptors (Lipinski definition) is 4. The minimum absolute atomic E-state index is 0.285. The van der Waals surface area contributed by atoms with Crippen molar-refractivity contribution in [3.8, 4) is 0 Å². The van der Waals surface area contributed by atoms with E-state index in [1.165, 1.54) is 11.4 Å². The molecule has 2 rings (SSSR count). The average molecular weight is 240 g/mol. The summed E-state index contributed by atoms with van der Waals surface area (Å²) < 4.78 is 5.58. The highest BCUT2D eigenvalue weighted by Crippen LogP contribution is 2.32. The maximum absolute atomic E-state index is 5.58. The molecule has 0 saturated carbocycles. The van der Waals surface area contributed by atoms with Crippen LogP contribution in [0.3, 0.4) is 0 Å². The zero-order valence-electron chi connectivity index (χ0n) is 9.87. The predicted molar refractivity (Wildman–Crippen MR) is 66.8 cm³/mol. The lowest BCUT2D eigenvalue weighted by molar-refractivity contribution is 0.149. The van der Waals surface area contributed by atoms with Crippen molar-refractivity contribution in [2.24, 2.45) is 5.41 Å². The summed E-state index contributed by atoms with van der Waals surface area (Å²) in [4.78, 5) is 4.39. The van der Waals surface area contributed by atoms with Gasteiger partial charge in [0, 0.05) is 36.6 Å². The van der Waals surface area contributed by atoms with Gasteiger partial charge in [0.2, 0.25) is 0 Å². The molecular weight excluding hydrogens is 220 g/mol. The molecule has 16 heavy (non-hydrogen) atoms. The van der Waals surface area contributed by atoms with E-state index in [0.29, 0.717) is 0 Å². The number of nitrogens with zero attached hydrogens (tertiary/aromatic N) is 1. The van der Waals surface area contributed by atoms with E-state index in [1.807, 2.05) is 6.20 Å². The van der Waals surface area contributed by atoms with Crippen molar-refractivity contribution < 1.29 is 4.74 Å². The number of hydrogen-bond donors (Lipinski definition) is 1. The summed E-state index contributed by atoms with van der Waals surface area (Å²) in [7, 11) is 0. The molecule has 1 N–H and O–H groups in total. The fourth-order valence-electron chi connectivity index (χ4n) is 2.18. The lowest BCUT2D eigenvalue weighted by Gasteiger charge is -2.26. The van der Waals surface area contributed by atoms with Gasteiger partial charge < -0.3 is 10.1 Å². The van der Waals surface area contributed by atoms with E-state index < -0.39 is 0 Å². The minimum Gasteiger partial charge on any atom is -0.381 e. The van der Waals surface area contributed by atoms with E-state index in [4.69, 9.17) is 4.74 Å². The summed E-state index contributed by atoms with van der Waals surface area (Å²) >= 11 is 1.75. The Bertz CT molecular complexity index is 294. The van der Waals surface area contributed by atoms with E-state index in [1.54, 1.807) is 11.3 Å². The molecule has 0 spiro atoms. The lowest BCUT2D eigenvalue weighted by atomic mass is 9.84. The molecule has 0 radical (unpaired) electrons. The maximum atomic E-state index is 5.58. The second-order valence-electron chi connectivity index (χ2n) is 4.58. The number of rotatable bonds is 6. The summed E-state index contributed by atoms with van der Waals surface area (Å²) in [5.74, 6) is 0. The molecular formula is C12H20N2OS. The minimum atomic E-state index is 0.285. The second kappa shape index (κ2) is 5.75. The summed E-state index contributed by atoms with van der Waals surface area (Å²) in [6.07, 6.45) is 5.29. The van der Waals surface area contributed by atoms with E-state index in [9.17, 15) is 0 Å². The zero-order chi connectivity index (χ0) is 11.3. The van der Waals surface area contributed by atoms with Crippen molar-refractivity contribution in [1.29, 1.82) is 0 Å². The number of thiazole rings is 1. The topological polar surface area (TPSA) is 34.2 Å². The molecule has 90 valence electrons. The van der Waals surface area contributed by atoms with Crippen LogP contribution in [-0.4, -0.2) is 31.3 Å². The van der Waals surface area contributed by atoms with Crippen LogP contribution >= 0.6 is 11.3 Å². The SMILES string of the molecule is CCCNCC1(Cc2nccs2)CCOC1. The molecule has 3 nitrogen and oxygen atoms in total. The summed E-state index contributed by atoms with van der Waals surface area (Å²) in [5.41, 5.74) is 0.285. The van der Waals surface area contributed by atoms with Gasteiger partial charge in [0.1, 0.15) is 0 Å². The van der Waals surface area contributed by atoms with Crippen molar-refractivity contribution in [1.82, 2.24) is 10.3 Å². The van der Waals surface area contributed by atoms with Crippen molar-refractivity contribution in [3.63, 3.8) is 0 Å². The highest BCUT2D eigenvalue weighted by Gasteiger charge is 2.35. The number of aromatic nitrogens is 1. The van der Waals surface area contributed by atoms with E-state index in [2.05, 4.69) is 22.6 Å². The van der Waals surface area contributed by atoms with Crippen molar-refractivity contribution in [2.75, 3.05) is 26.3 Å². The molecule has 1 saturated heterocycles. The smallest absolute Gasteiger partial charge is 0.0931 e. The van der Waals surface area contributed by atoms with Crippen LogP contribution in [-0.2, 0) is 11.2 Å². The number of nitrogens with one attached hydrogen (secondary N) is 1. The van der Waals surface area contributed by atoms with Gasteiger partial charge in [-0.25, -0.2) is 4.98 Å². The molecule has 1 unspecified atom stereocenters. The second-order valence-corrected chi connectivity index (χ2v) is 5.56. The highest BCUT2D eigenvalue weighted by molar-refractivity contribution is 7.09. The standard InChI is InChI=1S/C12H20N2OS/c1-2-4-13-9-12(3-6-15-10-12)8-11-14-5-7-16-11/h5,7,13H,2-4,6,8-10H2,1H3. The third-order valence-corrected chi connectivity index (χ3v) is 3.90.